The van der Waals surface area contributed by atoms with Crippen LogP contribution in [0.15, 0.2) is 48.5 Å². The van der Waals surface area contributed by atoms with Crippen LogP contribution in [0, 0.1) is 31.1 Å². The number of aryl methyl sites for hydroxylation is 1. The van der Waals surface area contributed by atoms with E-state index < -0.39 is 0 Å². The van der Waals surface area contributed by atoms with Crippen LogP contribution < -0.4 is 10.6 Å². The minimum Gasteiger partial charge on any atom is -0.340 e. The summed E-state index contributed by atoms with van der Waals surface area (Å²) in [4.78, 5) is 14.3. The van der Waals surface area contributed by atoms with E-state index in [2.05, 4.69) is 54.2 Å². The number of rotatable bonds is 4. The Labute approximate surface area is 220 Å². The largest absolute Gasteiger partial charge is 0.340 e. The fraction of sp³-hybridized carbons (Fsp3) is 0.276. The molecule has 1 aliphatic rings. The van der Waals surface area contributed by atoms with Crippen molar-refractivity contribution in [3.05, 3.63) is 86.9 Å². The number of thiocarbonyl (C=S) groups is 1. The van der Waals surface area contributed by atoms with Gasteiger partial charge in [0, 0.05) is 33.6 Å². The van der Waals surface area contributed by atoms with Gasteiger partial charge in [-0.3, -0.25) is 10.1 Å². The SMILES string of the molecule is Cc1c(C)n(Cc2ccccc2)c2ccc(C(=O)NC(=S)Nc3sc4c(c3C#N)CC[C@@H](C)C4)cc12. The summed E-state index contributed by atoms with van der Waals surface area (Å²) >= 11 is 7.03. The van der Waals surface area contributed by atoms with Gasteiger partial charge in [0.05, 0.1) is 5.56 Å². The number of hydrogen-bond acceptors (Lipinski definition) is 4. The molecule has 0 saturated heterocycles. The van der Waals surface area contributed by atoms with Crippen LogP contribution in [0.5, 0.6) is 0 Å². The lowest BCUT2D eigenvalue weighted by Crippen LogP contribution is -2.34. The lowest BCUT2D eigenvalue weighted by atomic mass is 9.89. The molecular formula is C29H28N4OS2. The minimum absolute atomic E-state index is 0.206. The Morgan fingerprint density at radius 2 is 2.00 bits per heavy atom. The van der Waals surface area contributed by atoms with Crippen LogP contribution in [0.3, 0.4) is 0 Å². The zero-order valence-electron chi connectivity index (χ0n) is 20.6. The number of nitrogens with zero attached hydrogens (tertiary/aromatic N) is 2. The van der Waals surface area contributed by atoms with Crippen LogP contribution in [-0.2, 0) is 19.4 Å². The number of carbonyl (C=O) groups is 1. The average Bonchev–Trinajstić information content (AvgIpc) is 3.32. The van der Waals surface area contributed by atoms with Gasteiger partial charge in [0.15, 0.2) is 5.11 Å². The number of amides is 1. The molecule has 36 heavy (non-hydrogen) atoms. The number of benzene rings is 2. The lowest BCUT2D eigenvalue weighted by molar-refractivity contribution is 0.0978. The molecule has 182 valence electrons. The topological polar surface area (TPSA) is 69.8 Å². The van der Waals surface area contributed by atoms with Crippen molar-refractivity contribution in [1.82, 2.24) is 9.88 Å². The Morgan fingerprint density at radius 1 is 1.22 bits per heavy atom. The number of carbonyl (C=O) groups excluding carboxylic acids is 1. The van der Waals surface area contributed by atoms with Gasteiger partial charge in [-0.25, -0.2) is 0 Å². The Balaban J connectivity index is 1.34. The van der Waals surface area contributed by atoms with Crippen molar-refractivity contribution in [2.45, 2.75) is 46.6 Å². The molecule has 1 atom stereocenters. The van der Waals surface area contributed by atoms with Crippen molar-refractivity contribution < 1.29 is 4.79 Å². The Kier molecular flexibility index (Phi) is 6.65. The number of aromatic nitrogens is 1. The van der Waals surface area contributed by atoms with Crippen molar-refractivity contribution in [2.24, 2.45) is 5.92 Å². The van der Waals surface area contributed by atoms with Crippen molar-refractivity contribution in [3.8, 4) is 6.07 Å². The molecule has 2 N–H and O–H groups in total. The van der Waals surface area contributed by atoms with Gasteiger partial charge in [0.2, 0.25) is 0 Å². The molecule has 0 fully saturated rings. The standard InChI is InChI=1S/C29H28N4OS2/c1-17-9-11-22-24(15-30)28(36-26(22)13-17)32-29(35)31-27(34)21-10-12-25-23(14-21)18(2)19(3)33(25)16-20-7-5-4-6-8-20/h4-8,10,12,14,17H,9,11,13,16H2,1-3H3,(H2,31,32,34,35)/t17-/m1/s1. The molecule has 1 aliphatic carbocycles. The number of hydrogen-bond donors (Lipinski definition) is 2. The van der Waals surface area contributed by atoms with Gasteiger partial charge in [-0.15, -0.1) is 11.3 Å². The molecule has 0 saturated carbocycles. The summed E-state index contributed by atoms with van der Waals surface area (Å²) < 4.78 is 2.29. The zero-order valence-corrected chi connectivity index (χ0v) is 22.3. The van der Waals surface area contributed by atoms with Gasteiger partial charge in [-0.2, -0.15) is 5.26 Å². The third-order valence-corrected chi connectivity index (χ3v) is 8.54. The van der Waals surface area contributed by atoms with Crippen LogP contribution in [-0.4, -0.2) is 15.6 Å². The molecule has 4 aromatic rings. The summed E-state index contributed by atoms with van der Waals surface area (Å²) in [6.45, 7) is 7.23. The van der Waals surface area contributed by atoms with E-state index in [0.29, 0.717) is 17.0 Å². The maximum atomic E-state index is 13.1. The van der Waals surface area contributed by atoms with Crippen LogP contribution in [0.4, 0.5) is 5.00 Å². The monoisotopic (exact) mass is 512 g/mol. The van der Waals surface area contributed by atoms with Gasteiger partial charge in [-0.05, 0) is 86.1 Å². The first kappa shape index (κ1) is 24.2. The van der Waals surface area contributed by atoms with Gasteiger partial charge in [-0.1, -0.05) is 37.3 Å². The fourth-order valence-corrected chi connectivity index (χ4v) is 6.65. The van der Waals surface area contributed by atoms with Gasteiger partial charge in [0.1, 0.15) is 11.1 Å². The highest BCUT2D eigenvalue weighted by Crippen LogP contribution is 2.39. The molecule has 0 unspecified atom stereocenters. The third kappa shape index (κ3) is 4.55. The van der Waals surface area contributed by atoms with Crippen molar-refractivity contribution >= 4 is 50.5 Å². The molecule has 5 rings (SSSR count). The van der Waals surface area contributed by atoms with E-state index in [-0.39, 0.29) is 11.0 Å². The summed E-state index contributed by atoms with van der Waals surface area (Å²) in [5.41, 5.74) is 7.02. The number of nitrogens with one attached hydrogen (secondary N) is 2. The predicted octanol–water partition coefficient (Wildman–Crippen LogP) is 6.49. The molecule has 2 heterocycles. The third-order valence-electron chi connectivity index (χ3n) is 7.16. The van der Waals surface area contributed by atoms with Gasteiger partial charge in [0.25, 0.3) is 5.91 Å². The summed E-state index contributed by atoms with van der Waals surface area (Å²) in [6, 6.07) is 18.5. The first-order valence-corrected chi connectivity index (χ1v) is 13.4. The Bertz CT molecular complexity index is 1520. The van der Waals surface area contributed by atoms with Crippen LogP contribution >= 0.6 is 23.6 Å². The zero-order chi connectivity index (χ0) is 25.4. The molecule has 5 nitrogen and oxygen atoms in total. The molecule has 0 spiro atoms. The van der Waals surface area contributed by atoms with E-state index in [1.54, 1.807) is 11.3 Å². The Morgan fingerprint density at radius 3 is 2.75 bits per heavy atom. The molecule has 1 amide bonds. The second kappa shape index (κ2) is 9.88. The summed E-state index contributed by atoms with van der Waals surface area (Å²) in [5.74, 6) is 0.350. The maximum absolute atomic E-state index is 13.1. The van der Waals surface area contributed by atoms with Gasteiger partial charge < -0.3 is 9.88 Å². The normalized spacial score (nSPS) is 14.8. The molecule has 0 radical (unpaired) electrons. The van der Waals surface area contributed by atoms with E-state index in [4.69, 9.17) is 12.2 Å². The summed E-state index contributed by atoms with van der Waals surface area (Å²) in [6.07, 6.45) is 2.99. The predicted molar refractivity (Wildman–Crippen MR) is 151 cm³/mol. The van der Waals surface area contributed by atoms with Crippen LogP contribution in [0.1, 0.15) is 56.5 Å². The van der Waals surface area contributed by atoms with E-state index in [1.165, 1.54) is 16.1 Å². The van der Waals surface area contributed by atoms with E-state index in [9.17, 15) is 10.1 Å². The molecular weight excluding hydrogens is 484 g/mol. The quantitative estimate of drug-likeness (QED) is 0.307. The highest BCUT2D eigenvalue weighted by atomic mass is 32.1. The second-order valence-corrected chi connectivity index (χ2v) is 11.1. The van der Waals surface area contributed by atoms with E-state index in [1.807, 2.05) is 36.4 Å². The minimum atomic E-state index is -0.268. The lowest BCUT2D eigenvalue weighted by Gasteiger charge is -2.17. The van der Waals surface area contributed by atoms with E-state index in [0.717, 1.165) is 52.8 Å². The number of anilines is 1. The van der Waals surface area contributed by atoms with Crippen LogP contribution in [0.25, 0.3) is 10.9 Å². The summed E-state index contributed by atoms with van der Waals surface area (Å²) in [5, 5.41) is 17.6. The first-order chi connectivity index (χ1) is 17.4. The molecule has 0 aliphatic heterocycles. The fourth-order valence-electron chi connectivity index (χ4n) is 5.03. The Hall–Kier alpha value is -3.47. The average molecular weight is 513 g/mol. The van der Waals surface area contributed by atoms with Crippen LogP contribution in [0.2, 0.25) is 0 Å². The first-order valence-electron chi connectivity index (χ1n) is 12.2. The number of fused-ring (bicyclic) bond motifs is 2. The van der Waals surface area contributed by atoms with Crippen molar-refractivity contribution in [1.29, 1.82) is 5.26 Å². The number of thiophene rings is 1. The second-order valence-electron chi connectivity index (χ2n) is 9.59. The number of nitriles is 1. The summed E-state index contributed by atoms with van der Waals surface area (Å²) in [7, 11) is 0. The molecule has 2 aromatic heterocycles. The van der Waals surface area contributed by atoms with Gasteiger partial charge >= 0.3 is 0 Å². The molecule has 2 aromatic carbocycles. The van der Waals surface area contributed by atoms with Crippen molar-refractivity contribution in [3.63, 3.8) is 0 Å². The molecule has 7 heteroatoms. The molecule has 0 bridgehead atoms. The maximum Gasteiger partial charge on any atom is 0.257 e. The smallest absolute Gasteiger partial charge is 0.257 e. The highest BCUT2D eigenvalue weighted by Gasteiger charge is 2.24. The van der Waals surface area contributed by atoms with Crippen molar-refractivity contribution in [2.75, 3.05) is 5.32 Å². The highest BCUT2D eigenvalue weighted by molar-refractivity contribution is 7.80. The van der Waals surface area contributed by atoms with E-state index >= 15 is 0 Å².